The minimum Gasteiger partial charge on any atom is -0.436 e. The molecule has 1 saturated carbocycles. The molecule has 1 N–H and O–H groups in total. The normalized spacial score (nSPS) is 17.3. The molecule has 1 aromatic heterocycles. The van der Waals surface area contributed by atoms with Crippen LogP contribution in [0.25, 0.3) is 22.8 Å². The van der Waals surface area contributed by atoms with Crippen LogP contribution in [-0.4, -0.2) is 40.8 Å². The van der Waals surface area contributed by atoms with E-state index in [-0.39, 0.29) is 23.8 Å². The molecule has 5 rings (SSSR count). The second-order valence-electron chi connectivity index (χ2n) is 9.85. The fraction of sp³-hybridized carbons (Fsp3) is 0.414. The maximum atomic E-state index is 13.5. The van der Waals surface area contributed by atoms with Gasteiger partial charge in [-0.1, -0.05) is 61.2 Å². The van der Waals surface area contributed by atoms with Gasteiger partial charge >= 0.3 is 0 Å². The zero-order chi connectivity index (χ0) is 24.2. The Hall–Kier alpha value is -3.41. The Kier molecular flexibility index (Phi) is 6.98. The van der Waals surface area contributed by atoms with Crippen LogP contribution in [0.2, 0.25) is 0 Å². The molecule has 6 heteroatoms. The van der Waals surface area contributed by atoms with E-state index >= 15 is 0 Å². The van der Waals surface area contributed by atoms with Crippen LogP contribution in [0.15, 0.2) is 59.1 Å². The molecule has 1 aliphatic heterocycles. The fourth-order valence-electron chi connectivity index (χ4n) is 5.19. The number of nitrogens with zero attached hydrogens (tertiary/aromatic N) is 2. The minimum atomic E-state index is -0.0206. The van der Waals surface area contributed by atoms with E-state index in [2.05, 4.69) is 10.3 Å². The summed E-state index contributed by atoms with van der Waals surface area (Å²) in [6.45, 7) is 3.30. The Bertz CT molecular complexity index is 1170. The van der Waals surface area contributed by atoms with Gasteiger partial charge in [0, 0.05) is 36.2 Å². The lowest BCUT2D eigenvalue weighted by Gasteiger charge is -2.33. The molecular formula is C29H33N3O3. The quantitative estimate of drug-likeness (QED) is 0.524. The molecule has 0 spiro atoms. The molecule has 0 radical (unpaired) electrons. The molecule has 0 atom stereocenters. The summed E-state index contributed by atoms with van der Waals surface area (Å²) >= 11 is 0. The van der Waals surface area contributed by atoms with Gasteiger partial charge < -0.3 is 14.6 Å². The van der Waals surface area contributed by atoms with Gasteiger partial charge in [0.25, 0.3) is 5.91 Å². The number of nitrogens with one attached hydrogen (secondary N) is 1. The molecule has 182 valence electrons. The number of piperidine rings is 1. The molecule has 0 bridgehead atoms. The first-order chi connectivity index (χ1) is 17.1. The summed E-state index contributed by atoms with van der Waals surface area (Å²) in [6.07, 6.45) is 8.84. The van der Waals surface area contributed by atoms with Crippen molar-refractivity contribution < 1.29 is 14.0 Å². The van der Waals surface area contributed by atoms with E-state index in [0.29, 0.717) is 35.9 Å². The van der Waals surface area contributed by atoms with E-state index in [9.17, 15) is 9.59 Å². The summed E-state index contributed by atoms with van der Waals surface area (Å²) in [5.41, 5.74) is 3.43. The molecule has 6 nitrogen and oxygen atoms in total. The summed E-state index contributed by atoms with van der Waals surface area (Å²) in [6, 6.07) is 15.7. The van der Waals surface area contributed by atoms with Crippen molar-refractivity contribution >= 4 is 11.8 Å². The number of oxazole rings is 1. The number of hydrogen-bond donors (Lipinski definition) is 1. The third-order valence-electron chi connectivity index (χ3n) is 7.33. The van der Waals surface area contributed by atoms with Crippen molar-refractivity contribution in [1.82, 2.24) is 15.2 Å². The number of carbonyl (C=O) groups is 2. The summed E-state index contributed by atoms with van der Waals surface area (Å²) in [5, 5.41) is 3.24. The Labute approximate surface area is 206 Å². The Morgan fingerprint density at radius 2 is 1.66 bits per heavy atom. The van der Waals surface area contributed by atoms with Crippen LogP contribution >= 0.6 is 0 Å². The maximum Gasteiger partial charge on any atom is 0.254 e. The number of likely N-dealkylation sites (tertiary alicyclic amines) is 1. The number of hydrogen-bond acceptors (Lipinski definition) is 4. The van der Waals surface area contributed by atoms with Gasteiger partial charge in [-0.2, -0.15) is 0 Å². The number of amides is 2. The number of rotatable bonds is 5. The minimum absolute atomic E-state index is 0.0206. The summed E-state index contributed by atoms with van der Waals surface area (Å²) < 4.78 is 6.06. The van der Waals surface area contributed by atoms with E-state index in [4.69, 9.17) is 4.42 Å². The van der Waals surface area contributed by atoms with Crippen LogP contribution in [0.3, 0.4) is 0 Å². The first-order valence-electron chi connectivity index (χ1n) is 12.8. The van der Waals surface area contributed by atoms with Gasteiger partial charge in [-0.25, -0.2) is 4.98 Å². The van der Waals surface area contributed by atoms with Crippen LogP contribution in [-0.2, 0) is 4.79 Å². The topological polar surface area (TPSA) is 75.4 Å². The van der Waals surface area contributed by atoms with Gasteiger partial charge in [-0.3, -0.25) is 9.59 Å². The number of aryl methyl sites for hydroxylation is 1. The van der Waals surface area contributed by atoms with E-state index in [1.807, 2.05) is 60.4 Å². The smallest absolute Gasteiger partial charge is 0.254 e. The predicted octanol–water partition coefficient (Wildman–Crippen LogP) is 5.62. The van der Waals surface area contributed by atoms with E-state index in [1.165, 1.54) is 12.0 Å². The van der Waals surface area contributed by atoms with Crippen molar-refractivity contribution in [3.05, 3.63) is 65.9 Å². The van der Waals surface area contributed by atoms with Crippen molar-refractivity contribution in [2.24, 2.45) is 5.92 Å². The number of carbonyl (C=O) groups excluding carboxylic acids is 2. The summed E-state index contributed by atoms with van der Waals surface area (Å²) in [4.78, 5) is 32.4. The van der Waals surface area contributed by atoms with Gasteiger partial charge in [0.15, 0.2) is 5.76 Å². The standard InChI is InChI=1S/C29H33N3O3/c1-20-11-13-21(14-12-20)26-19-30-28(35-26)24-9-5-6-10-25(24)29(34)32-17-15-23(16-18-32)31-27(33)22-7-3-2-4-8-22/h5-6,9-14,19,22-23H,2-4,7-8,15-18H2,1H3,(H,31,33). The molecule has 2 heterocycles. The molecule has 2 aromatic carbocycles. The fourth-order valence-corrected chi connectivity index (χ4v) is 5.19. The third-order valence-corrected chi connectivity index (χ3v) is 7.33. The average molecular weight is 472 g/mol. The largest absolute Gasteiger partial charge is 0.436 e. The first-order valence-corrected chi connectivity index (χ1v) is 12.8. The highest BCUT2D eigenvalue weighted by molar-refractivity contribution is 6.00. The third kappa shape index (κ3) is 5.31. The molecule has 35 heavy (non-hydrogen) atoms. The molecule has 2 amide bonds. The second-order valence-corrected chi connectivity index (χ2v) is 9.85. The lowest BCUT2D eigenvalue weighted by molar-refractivity contribution is -0.126. The number of aromatic nitrogens is 1. The van der Waals surface area contributed by atoms with Crippen LogP contribution in [0.5, 0.6) is 0 Å². The van der Waals surface area contributed by atoms with Crippen molar-refractivity contribution in [1.29, 1.82) is 0 Å². The summed E-state index contributed by atoms with van der Waals surface area (Å²) in [5.74, 6) is 1.47. The van der Waals surface area contributed by atoms with Crippen molar-refractivity contribution in [3.8, 4) is 22.8 Å². The van der Waals surface area contributed by atoms with Crippen LogP contribution < -0.4 is 5.32 Å². The van der Waals surface area contributed by atoms with Gasteiger partial charge in [0.05, 0.1) is 11.8 Å². The van der Waals surface area contributed by atoms with E-state index in [1.54, 1.807) is 6.20 Å². The predicted molar refractivity (Wildman–Crippen MR) is 136 cm³/mol. The van der Waals surface area contributed by atoms with Crippen molar-refractivity contribution in [3.63, 3.8) is 0 Å². The first kappa shape index (κ1) is 23.3. The lowest BCUT2D eigenvalue weighted by atomic mass is 9.88. The van der Waals surface area contributed by atoms with E-state index in [0.717, 1.165) is 44.1 Å². The summed E-state index contributed by atoms with van der Waals surface area (Å²) in [7, 11) is 0. The van der Waals surface area contributed by atoms with Crippen molar-refractivity contribution in [2.75, 3.05) is 13.1 Å². The Morgan fingerprint density at radius 3 is 2.40 bits per heavy atom. The SMILES string of the molecule is Cc1ccc(-c2cnc(-c3ccccc3C(=O)N3CCC(NC(=O)C4CCCCC4)CC3)o2)cc1. The molecule has 3 aromatic rings. The monoisotopic (exact) mass is 471 g/mol. The van der Waals surface area contributed by atoms with Gasteiger partial charge in [0.2, 0.25) is 11.8 Å². The van der Waals surface area contributed by atoms with Gasteiger partial charge in [-0.15, -0.1) is 0 Å². The lowest BCUT2D eigenvalue weighted by Crippen LogP contribution is -2.48. The van der Waals surface area contributed by atoms with Gasteiger partial charge in [0.1, 0.15) is 0 Å². The Balaban J connectivity index is 1.24. The zero-order valence-corrected chi connectivity index (χ0v) is 20.3. The highest BCUT2D eigenvalue weighted by Crippen LogP contribution is 2.30. The number of benzene rings is 2. The molecular weight excluding hydrogens is 438 g/mol. The highest BCUT2D eigenvalue weighted by Gasteiger charge is 2.29. The van der Waals surface area contributed by atoms with Gasteiger partial charge in [-0.05, 0) is 44.7 Å². The van der Waals surface area contributed by atoms with Crippen molar-refractivity contribution in [2.45, 2.75) is 57.9 Å². The average Bonchev–Trinajstić information content (AvgIpc) is 3.40. The molecule has 2 aliphatic rings. The second kappa shape index (κ2) is 10.5. The van der Waals surface area contributed by atoms with Crippen LogP contribution in [0, 0.1) is 12.8 Å². The molecule has 0 unspecified atom stereocenters. The van der Waals surface area contributed by atoms with E-state index < -0.39 is 0 Å². The zero-order valence-electron chi connectivity index (χ0n) is 20.3. The van der Waals surface area contributed by atoms with Crippen LogP contribution in [0.4, 0.5) is 0 Å². The molecule has 2 fully saturated rings. The molecule has 1 aliphatic carbocycles. The maximum absolute atomic E-state index is 13.5. The molecule has 1 saturated heterocycles. The Morgan fingerprint density at radius 1 is 0.943 bits per heavy atom. The van der Waals surface area contributed by atoms with Crippen LogP contribution in [0.1, 0.15) is 60.9 Å². The highest BCUT2D eigenvalue weighted by atomic mass is 16.4.